The first kappa shape index (κ1) is 8.35. The SMILES string of the molecule is Nc1ccc(N2CCCCC2)nc1. The zero-order chi connectivity index (χ0) is 9.10. The lowest BCUT2D eigenvalue weighted by Gasteiger charge is -2.27. The first-order valence-corrected chi connectivity index (χ1v) is 4.83. The van der Waals surface area contributed by atoms with E-state index in [0.29, 0.717) is 0 Å². The van der Waals surface area contributed by atoms with Crippen LogP contribution in [0.5, 0.6) is 0 Å². The van der Waals surface area contributed by atoms with Gasteiger partial charge in [-0.05, 0) is 31.4 Å². The van der Waals surface area contributed by atoms with Crippen molar-refractivity contribution in [1.82, 2.24) is 4.98 Å². The quantitative estimate of drug-likeness (QED) is 0.709. The summed E-state index contributed by atoms with van der Waals surface area (Å²) in [5.41, 5.74) is 6.31. The second-order valence-electron chi connectivity index (χ2n) is 3.50. The molecule has 0 aliphatic carbocycles. The van der Waals surface area contributed by atoms with Gasteiger partial charge in [-0.25, -0.2) is 4.98 Å². The Bertz CT molecular complexity index is 262. The van der Waals surface area contributed by atoms with E-state index in [9.17, 15) is 0 Å². The summed E-state index contributed by atoms with van der Waals surface area (Å²) in [6, 6.07) is 3.91. The van der Waals surface area contributed by atoms with Gasteiger partial charge in [-0.1, -0.05) is 0 Å². The molecular weight excluding hydrogens is 162 g/mol. The molecule has 13 heavy (non-hydrogen) atoms. The van der Waals surface area contributed by atoms with Crippen LogP contribution in [0.15, 0.2) is 18.3 Å². The lowest BCUT2D eigenvalue weighted by Crippen LogP contribution is -2.29. The van der Waals surface area contributed by atoms with Gasteiger partial charge in [-0.15, -0.1) is 0 Å². The van der Waals surface area contributed by atoms with Gasteiger partial charge < -0.3 is 10.6 Å². The van der Waals surface area contributed by atoms with Gasteiger partial charge in [-0.2, -0.15) is 0 Å². The topological polar surface area (TPSA) is 42.1 Å². The van der Waals surface area contributed by atoms with E-state index in [2.05, 4.69) is 9.88 Å². The Morgan fingerprint density at radius 3 is 2.54 bits per heavy atom. The van der Waals surface area contributed by atoms with Crippen LogP contribution in [-0.4, -0.2) is 18.1 Å². The standard InChI is InChI=1S/C10H15N3/c11-9-4-5-10(12-8-9)13-6-2-1-3-7-13/h4-5,8H,1-3,6-7,11H2. The fourth-order valence-electron chi connectivity index (χ4n) is 1.71. The van der Waals surface area contributed by atoms with E-state index in [1.54, 1.807) is 6.20 Å². The van der Waals surface area contributed by atoms with Crippen molar-refractivity contribution in [1.29, 1.82) is 0 Å². The minimum Gasteiger partial charge on any atom is -0.397 e. The number of pyridine rings is 1. The van der Waals surface area contributed by atoms with Crippen molar-refractivity contribution in [2.75, 3.05) is 23.7 Å². The summed E-state index contributed by atoms with van der Waals surface area (Å²) in [5.74, 6) is 1.06. The van der Waals surface area contributed by atoms with Crippen LogP contribution in [0.2, 0.25) is 0 Å². The molecule has 2 heterocycles. The second kappa shape index (κ2) is 3.64. The maximum Gasteiger partial charge on any atom is 0.128 e. The molecule has 0 aromatic carbocycles. The summed E-state index contributed by atoms with van der Waals surface area (Å²) in [4.78, 5) is 6.63. The monoisotopic (exact) mass is 177 g/mol. The Kier molecular flexibility index (Phi) is 2.34. The number of nitrogen functional groups attached to an aromatic ring is 1. The lowest BCUT2D eigenvalue weighted by atomic mass is 10.1. The fourth-order valence-corrected chi connectivity index (χ4v) is 1.71. The van der Waals surface area contributed by atoms with Crippen LogP contribution in [0.25, 0.3) is 0 Å². The molecular formula is C10H15N3. The van der Waals surface area contributed by atoms with Crippen LogP contribution < -0.4 is 10.6 Å². The molecule has 1 aromatic rings. The Morgan fingerprint density at radius 1 is 1.15 bits per heavy atom. The molecule has 2 rings (SSSR count). The number of hydrogen-bond donors (Lipinski definition) is 1. The highest BCUT2D eigenvalue weighted by atomic mass is 15.2. The number of rotatable bonds is 1. The molecule has 0 saturated carbocycles. The van der Waals surface area contributed by atoms with E-state index in [-0.39, 0.29) is 0 Å². The number of anilines is 2. The normalized spacial score (nSPS) is 17.4. The molecule has 70 valence electrons. The van der Waals surface area contributed by atoms with Crippen molar-refractivity contribution >= 4 is 11.5 Å². The van der Waals surface area contributed by atoms with E-state index in [1.165, 1.54) is 19.3 Å². The van der Waals surface area contributed by atoms with Crippen LogP contribution in [0, 0.1) is 0 Å². The van der Waals surface area contributed by atoms with E-state index in [4.69, 9.17) is 5.73 Å². The summed E-state index contributed by atoms with van der Waals surface area (Å²) in [6.45, 7) is 2.27. The molecule has 0 unspecified atom stereocenters. The minimum absolute atomic E-state index is 0.737. The zero-order valence-electron chi connectivity index (χ0n) is 7.74. The first-order chi connectivity index (χ1) is 6.36. The summed E-state index contributed by atoms with van der Waals surface area (Å²) in [5, 5.41) is 0. The fraction of sp³-hybridized carbons (Fsp3) is 0.500. The van der Waals surface area contributed by atoms with Crippen LogP contribution in [-0.2, 0) is 0 Å². The van der Waals surface area contributed by atoms with Crippen LogP contribution >= 0.6 is 0 Å². The van der Waals surface area contributed by atoms with Crippen molar-refractivity contribution in [2.24, 2.45) is 0 Å². The predicted octanol–water partition coefficient (Wildman–Crippen LogP) is 1.65. The molecule has 1 fully saturated rings. The lowest BCUT2D eigenvalue weighted by molar-refractivity contribution is 0.573. The molecule has 1 aliphatic heterocycles. The predicted molar refractivity (Wildman–Crippen MR) is 54.7 cm³/mol. The van der Waals surface area contributed by atoms with Gasteiger partial charge in [0.2, 0.25) is 0 Å². The molecule has 0 amide bonds. The van der Waals surface area contributed by atoms with Gasteiger partial charge >= 0.3 is 0 Å². The Morgan fingerprint density at radius 2 is 1.92 bits per heavy atom. The third-order valence-corrected chi connectivity index (χ3v) is 2.45. The third kappa shape index (κ3) is 1.91. The molecule has 1 aromatic heterocycles. The smallest absolute Gasteiger partial charge is 0.128 e. The number of hydrogen-bond acceptors (Lipinski definition) is 3. The van der Waals surface area contributed by atoms with Crippen molar-refractivity contribution in [3.05, 3.63) is 18.3 Å². The molecule has 3 heteroatoms. The van der Waals surface area contributed by atoms with Crippen LogP contribution in [0.3, 0.4) is 0 Å². The summed E-state index contributed by atoms with van der Waals surface area (Å²) >= 11 is 0. The molecule has 0 spiro atoms. The molecule has 2 N–H and O–H groups in total. The van der Waals surface area contributed by atoms with Gasteiger partial charge in [0.05, 0.1) is 11.9 Å². The summed E-state index contributed by atoms with van der Waals surface area (Å²) in [7, 11) is 0. The van der Waals surface area contributed by atoms with Crippen LogP contribution in [0.1, 0.15) is 19.3 Å². The molecule has 3 nitrogen and oxygen atoms in total. The zero-order valence-corrected chi connectivity index (χ0v) is 7.74. The molecule has 0 atom stereocenters. The maximum atomic E-state index is 5.58. The van der Waals surface area contributed by atoms with Crippen LogP contribution in [0.4, 0.5) is 11.5 Å². The van der Waals surface area contributed by atoms with Gasteiger partial charge in [0.1, 0.15) is 5.82 Å². The molecule has 1 saturated heterocycles. The molecule has 1 aliphatic rings. The van der Waals surface area contributed by atoms with Gasteiger partial charge in [-0.3, -0.25) is 0 Å². The number of aromatic nitrogens is 1. The van der Waals surface area contributed by atoms with E-state index < -0.39 is 0 Å². The van der Waals surface area contributed by atoms with Crippen molar-refractivity contribution in [2.45, 2.75) is 19.3 Å². The molecule has 0 bridgehead atoms. The number of nitrogens with two attached hydrogens (primary N) is 1. The number of piperidine rings is 1. The largest absolute Gasteiger partial charge is 0.397 e. The van der Waals surface area contributed by atoms with E-state index in [0.717, 1.165) is 24.6 Å². The Labute approximate surface area is 78.6 Å². The van der Waals surface area contributed by atoms with Gasteiger partial charge in [0.25, 0.3) is 0 Å². The van der Waals surface area contributed by atoms with E-state index in [1.807, 2.05) is 12.1 Å². The second-order valence-corrected chi connectivity index (χ2v) is 3.50. The molecule has 0 radical (unpaired) electrons. The van der Waals surface area contributed by atoms with Crippen molar-refractivity contribution in [3.63, 3.8) is 0 Å². The maximum absolute atomic E-state index is 5.58. The van der Waals surface area contributed by atoms with Gasteiger partial charge in [0, 0.05) is 13.1 Å². The average Bonchev–Trinajstić information content (AvgIpc) is 2.20. The average molecular weight is 177 g/mol. The first-order valence-electron chi connectivity index (χ1n) is 4.83. The van der Waals surface area contributed by atoms with Gasteiger partial charge in [0.15, 0.2) is 0 Å². The van der Waals surface area contributed by atoms with Crippen molar-refractivity contribution < 1.29 is 0 Å². The van der Waals surface area contributed by atoms with E-state index >= 15 is 0 Å². The summed E-state index contributed by atoms with van der Waals surface area (Å²) < 4.78 is 0. The Hall–Kier alpha value is -1.25. The third-order valence-electron chi connectivity index (χ3n) is 2.45. The minimum atomic E-state index is 0.737. The highest BCUT2D eigenvalue weighted by molar-refractivity contribution is 5.45. The highest BCUT2D eigenvalue weighted by Gasteiger charge is 2.10. The van der Waals surface area contributed by atoms with Crippen molar-refractivity contribution in [3.8, 4) is 0 Å². The Balaban J connectivity index is 2.10. The summed E-state index contributed by atoms with van der Waals surface area (Å²) in [6.07, 6.45) is 5.65. The highest BCUT2D eigenvalue weighted by Crippen LogP contribution is 2.17. The number of nitrogens with zero attached hydrogens (tertiary/aromatic N) is 2.